The van der Waals surface area contributed by atoms with Crippen molar-refractivity contribution in [1.29, 1.82) is 0 Å². The quantitative estimate of drug-likeness (QED) is 0.441. The molecule has 0 aromatic rings. The van der Waals surface area contributed by atoms with Crippen LogP contribution in [0.2, 0.25) is 0 Å². The van der Waals surface area contributed by atoms with E-state index in [4.69, 9.17) is 7.85 Å². The van der Waals surface area contributed by atoms with Gasteiger partial charge in [0.05, 0.1) is 17.5 Å². The normalized spacial score (nSPS) is 13.8. The van der Waals surface area contributed by atoms with Crippen LogP contribution in [0.4, 0.5) is 0 Å². The van der Waals surface area contributed by atoms with Crippen molar-refractivity contribution in [2.45, 2.75) is 18.5 Å². The van der Waals surface area contributed by atoms with Crippen molar-refractivity contribution in [3.8, 4) is 0 Å². The molecule has 0 amide bonds. The van der Waals surface area contributed by atoms with E-state index in [2.05, 4.69) is 7.12 Å². The maximum Gasteiger partial charge on any atom is 0.254 e. The first-order chi connectivity index (χ1) is 3.25. The minimum atomic E-state index is -3.56. The summed E-state index contributed by atoms with van der Waals surface area (Å²) in [5, 5.41) is 0. The lowest BCUT2D eigenvalue weighted by atomic mass is 9.91. The predicted molar refractivity (Wildman–Crippen MR) is 34.5 cm³/mol. The van der Waals surface area contributed by atoms with Gasteiger partial charge < -0.3 is 0 Å². The lowest BCUT2D eigenvalue weighted by Crippen LogP contribution is -2.31. The van der Waals surface area contributed by atoms with Crippen molar-refractivity contribution < 1.29 is 8.42 Å². The summed E-state index contributed by atoms with van der Waals surface area (Å²) in [6.07, 6.45) is 0. The molecule has 5 heteroatoms. The topological polar surface area (TPSA) is 34.1 Å². The van der Waals surface area contributed by atoms with Gasteiger partial charge >= 0.3 is 0 Å². The second-order valence-electron chi connectivity index (χ2n) is 2.15. The molecule has 4 radical (unpaired) electrons. The zero-order chi connectivity index (χ0) is 7.00. The summed E-state index contributed by atoms with van der Waals surface area (Å²) < 4.78 is 19.3. The van der Waals surface area contributed by atoms with Gasteiger partial charge in [-0.3, -0.25) is 0 Å². The van der Waals surface area contributed by atoms with E-state index in [1.807, 2.05) is 0 Å². The standard InChI is InChI=1S/C3H6B2O2S/c1-3(2,4)8(5,6)7/h1-2H3. The molecule has 0 fully saturated rings. The van der Waals surface area contributed by atoms with Crippen molar-refractivity contribution in [1.82, 2.24) is 0 Å². The molecule has 8 heavy (non-hydrogen) atoms. The summed E-state index contributed by atoms with van der Waals surface area (Å²) in [6.45, 7) is 2.67. The molecular formula is C3H6B2O2S. The molecule has 42 valence electrons. The Morgan fingerprint density at radius 3 is 1.50 bits per heavy atom. The highest BCUT2D eigenvalue weighted by atomic mass is 32.2. The molecule has 0 rings (SSSR count). The van der Waals surface area contributed by atoms with E-state index < -0.39 is 14.3 Å². The summed E-state index contributed by atoms with van der Waals surface area (Å²) in [5.74, 6) is 0. The van der Waals surface area contributed by atoms with Crippen molar-refractivity contribution in [2.75, 3.05) is 0 Å². The average molecular weight is 128 g/mol. The van der Waals surface area contributed by atoms with Crippen LogP contribution < -0.4 is 0 Å². The van der Waals surface area contributed by atoms with Gasteiger partial charge in [-0.15, -0.1) is 0 Å². The van der Waals surface area contributed by atoms with Gasteiger partial charge in [0, 0.05) is 4.65 Å². The second-order valence-corrected chi connectivity index (χ2v) is 4.29. The van der Waals surface area contributed by atoms with Crippen LogP contribution in [0.1, 0.15) is 13.8 Å². The Balaban J connectivity index is 4.53. The summed E-state index contributed by atoms with van der Waals surface area (Å²) in [4.78, 5) is 0. The largest absolute Gasteiger partial charge is 0.254 e. The van der Waals surface area contributed by atoms with Gasteiger partial charge in [0.15, 0.2) is 0 Å². The molecule has 0 aliphatic heterocycles. The third kappa shape index (κ3) is 1.90. The highest BCUT2D eigenvalue weighted by molar-refractivity contribution is 8.14. The second kappa shape index (κ2) is 1.79. The van der Waals surface area contributed by atoms with Gasteiger partial charge in [-0.25, -0.2) is 8.42 Å². The van der Waals surface area contributed by atoms with Gasteiger partial charge in [-0.2, -0.15) is 0 Å². The lowest BCUT2D eigenvalue weighted by Gasteiger charge is -2.15. The molecular weight excluding hydrogens is 122 g/mol. The van der Waals surface area contributed by atoms with Gasteiger partial charge in [0.2, 0.25) is 0 Å². The zero-order valence-electron chi connectivity index (χ0n) is 4.88. The number of hydrogen-bond acceptors (Lipinski definition) is 2. The fraction of sp³-hybridized carbons (Fsp3) is 1.00. The van der Waals surface area contributed by atoms with Crippen LogP contribution in [-0.2, 0) is 9.69 Å². The van der Waals surface area contributed by atoms with Gasteiger partial charge in [-0.05, 0) is 0 Å². The van der Waals surface area contributed by atoms with E-state index in [9.17, 15) is 8.42 Å². The molecule has 2 nitrogen and oxygen atoms in total. The van der Waals surface area contributed by atoms with Crippen molar-refractivity contribution in [2.24, 2.45) is 0 Å². The summed E-state index contributed by atoms with van der Waals surface area (Å²) >= 11 is 0. The molecule has 0 atom stereocenters. The zero-order valence-corrected chi connectivity index (χ0v) is 5.70. The number of rotatable bonds is 1. The van der Waals surface area contributed by atoms with Gasteiger partial charge in [0.25, 0.3) is 7.12 Å². The van der Waals surface area contributed by atoms with Crippen LogP contribution in [0.15, 0.2) is 0 Å². The molecule has 0 aliphatic carbocycles. The first-order valence-electron chi connectivity index (χ1n) is 2.06. The lowest BCUT2D eigenvalue weighted by molar-refractivity contribution is 0.595. The average Bonchev–Trinajstić information content (AvgIpc) is 1.25. The van der Waals surface area contributed by atoms with Crippen LogP contribution in [0.3, 0.4) is 0 Å². The molecule has 0 aromatic carbocycles. The molecule has 0 N–H and O–H groups in total. The van der Waals surface area contributed by atoms with Crippen molar-refractivity contribution in [3.63, 3.8) is 0 Å². The van der Waals surface area contributed by atoms with Crippen LogP contribution >= 0.6 is 0 Å². The van der Waals surface area contributed by atoms with Gasteiger partial charge in [0.1, 0.15) is 0 Å². The van der Waals surface area contributed by atoms with E-state index >= 15 is 0 Å². The monoisotopic (exact) mass is 128 g/mol. The molecule has 0 spiro atoms. The maximum atomic E-state index is 10.3. The molecule has 0 aliphatic rings. The Morgan fingerprint density at radius 2 is 1.50 bits per heavy atom. The third-order valence-electron chi connectivity index (χ3n) is 0.733. The highest BCUT2D eigenvalue weighted by Gasteiger charge is 2.21. The minimum Gasteiger partial charge on any atom is -0.243 e. The molecule has 0 saturated carbocycles. The first-order valence-corrected chi connectivity index (χ1v) is 3.61. The molecule has 0 heterocycles. The molecule has 0 bridgehead atoms. The Hall–Kier alpha value is 0.0799. The Labute approximate surface area is 52.3 Å². The van der Waals surface area contributed by atoms with E-state index in [0.717, 1.165) is 0 Å². The fourth-order valence-electron chi connectivity index (χ4n) is 0. The SMILES string of the molecule is [B]C(C)(C)S([B])(=O)=O. The van der Waals surface area contributed by atoms with E-state index in [1.54, 1.807) is 0 Å². The van der Waals surface area contributed by atoms with Crippen molar-refractivity contribution >= 4 is 24.7 Å². The van der Waals surface area contributed by atoms with Crippen LogP contribution in [0.25, 0.3) is 0 Å². The smallest absolute Gasteiger partial charge is 0.243 e. The highest BCUT2D eigenvalue weighted by Crippen LogP contribution is 2.06. The van der Waals surface area contributed by atoms with E-state index in [-0.39, 0.29) is 0 Å². The molecule has 0 unspecified atom stereocenters. The minimum absolute atomic E-state index is 1.31. The van der Waals surface area contributed by atoms with Crippen LogP contribution in [0, 0.1) is 0 Å². The predicted octanol–water partition coefficient (Wildman–Crippen LogP) is -0.611. The van der Waals surface area contributed by atoms with E-state index in [1.165, 1.54) is 13.8 Å². The summed E-state index contributed by atoms with van der Waals surface area (Å²) in [7, 11) is 6.20. The fourth-order valence-corrected chi connectivity index (χ4v) is 0. The summed E-state index contributed by atoms with van der Waals surface area (Å²) in [6, 6.07) is 0. The van der Waals surface area contributed by atoms with Crippen LogP contribution in [0.5, 0.6) is 0 Å². The Bertz CT molecular complexity index is 164. The first kappa shape index (κ1) is 8.08. The van der Waals surface area contributed by atoms with Crippen LogP contribution in [-0.4, -0.2) is 28.0 Å². The third-order valence-corrected chi connectivity index (χ3v) is 2.20. The van der Waals surface area contributed by atoms with E-state index in [0.29, 0.717) is 0 Å². The Morgan fingerprint density at radius 1 is 1.38 bits per heavy atom. The molecule has 0 saturated heterocycles. The Kier molecular flexibility index (Phi) is 1.81. The van der Waals surface area contributed by atoms with Crippen molar-refractivity contribution in [3.05, 3.63) is 0 Å². The maximum absolute atomic E-state index is 10.3. The van der Waals surface area contributed by atoms with Gasteiger partial charge in [-0.1, -0.05) is 13.8 Å². The number of hydrogen-bond donors (Lipinski definition) is 0. The summed E-state index contributed by atoms with van der Waals surface area (Å²) in [5.41, 5.74) is 0. The molecule has 0 aromatic heterocycles.